The molecule has 0 saturated heterocycles. The molecular formula is C18H16F3NO3S2. The van der Waals surface area contributed by atoms with Gasteiger partial charge in [0.1, 0.15) is 12.2 Å². The zero-order valence-electron chi connectivity index (χ0n) is 14.0. The lowest BCUT2D eigenvalue weighted by atomic mass is 10.1. The number of nitrogens with one attached hydrogen (secondary N) is 1. The molecule has 0 atom stereocenters. The molecule has 0 aliphatic carbocycles. The molecule has 1 aromatic carbocycles. The monoisotopic (exact) mass is 415 g/mol. The molecule has 3 aromatic rings. The number of thioether (sulfide) groups is 1. The van der Waals surface area contributed by atoms with Gasteiger partial charge in [0.25, 0.3) is 5.91 Å². The quantitative estimate of drug-likeness (QED) is 0.411. The van der Waals surface area contributed by atoms with Crippen molar-refractivity contribution in [3.8, 4) is 0 Å². The van der Waals surface area contributed by atoms with Gasteiger partial charge in [0.15, 0.2) is 5.76 Å². The summed E-state index contributed by atoms with van der Waals surface area (Å²) in [5.74, 6) is 0.255. The number of thiophene rings is 1. The van der Waals surface area contributed by atoms with E-state index in [1.54, 1.807) is 29.2 Å². The average molecular weight is 415 g/mol. The third-order valence-electron chi connectivity index (χ3n) is 3.56. The molecule has 144 valence electrons. The second-order valence-electron chi connectivity index (χ2n) is 5.55. The van der Waals surface area contributed by atoms with Gasteiger partial charge >= 0.3 is 6.18 Å². The maximum Gasteiger partial charge on any atom is 0.411 e. The zero-order valence-corrected chi connectivity index (χ0v) is 15.7. The van der Waals surface area contributed by atoms with E-state index in [2.05, 4.69) is 10.1 Å². The third-order valence-corrected chi connectivity index (χ3v) is 5.71. The van der Waals surface area contributed by atoms with Crippen LogP contribution in [0.3, 0.4) is 0 Å². The molecule has 0 saturated carbocycles. The van der Waals surface area contributed by atoms with Gasteiger partial charge in [0.2, 0.25) is 0 Å². The van der Waals surface area contributed by atoms with E-state index < -0.39 is 18.7 Å². The lowest BCUT2D eigenvalue weighted by Crippen LogP contribution is -2.29. The van der Waals surface area contributed by atoms with Crippen LogP contribution in [0.4, 0.5) is 13.2 Å². The molecule has 0 bridgehead atoms. The molecule has 9 heteroatoms. The summed E-state index contributed by atoms with van der Waals surface area (Å²) in [5, 5.41) is 5.37. The van der Waals surface area contributed by atoms with E-state index in [0.717, 1.165) is 15.2 Å². The van der Waals surface area contributed by atoms with Gasteiger partial charge < -0.3 is 14.5 Å². The average Bonchev–Trinajstić information content (AvgIpc) is 3.26. The van der Waals surface area contributed by atoms with Crippen molar-refractivity contribution in [2.75, 3.05) is 19.8 Å². The van der Waals surface area contributed by atoms with E-state index in [-0.39, 0.29) is 18.9 Å². The molecule has 2 aromatic heterocycles. The highest BCUT2D eigenvalue weighted by atomic mass is 32.2. The van der Waals surface area contributed by atoms with Gasteiger partial charge in [-0.2, -0.15) is 13.2 Å². The second-order valence-corrected chi connectivity index (χ2v) is 7.77. The Bertz CT molecular complexity index is 891. The van der Waals surface area contributed by atoms with Crippen LogP contribution in [0.25, 0.3) is 11.0 Å². The van der Waals surface area contributed by atoms with Crippen LogP contribution in [-0.4, -0.2) is 31.8 Å². The van der Waals surface area contributed by atoms with Crippen molar-refractivity contribution >= 4 is 40.0 Å². The van der Waals surface area contributed by atoms with Crippen molar-refractivity contribution in [1.29, 1.82) is 0 Å². The first-order valence-electron chi connectivity index (χ1n) is 8.03. The smallest absolute Gasteiger partial charge is 0.411 e. The van der Waals surface area contributed by atoms with E-state index in [9.17, 15) is 18.0 Å². The van der Waals surface area contributed by atoms with Gasteiger partial charge in [0.05, 0.1) is 10.8 Å². The van der Waals surface area contributed by atoms with Gasteiger partial charge in [0, 0.05) is 23.2 Å². The molecule has 1 amide bonds. The maximum atomic E-state index is 12.5. The standard InChI is InChI=1S/C18H16F3NO3S2/c19-18(20,21)11-24-8-7-22-17(23)16-13(10-27-15-6-3-9-26-15)12-4-1-2-5-14(12)25-16/h1-6,9H,7-8,10-11H2,(H,22,23). The van der Waals surface area contributed by atoms with Crippen LogP contribution in [0.15, 0.2) is 50.4 Å². The number of ether oxygens (including phenoxy) is 1. The van der Waals surface area contributed by atoms with Crippen LogP contribution >= 0.6 is 23.1 Å². The van der Waals surface area contributed by atoms with Crippen molar-refractivity contribution in [2.45, 2.75) is 16.1 Å². The van der Waals surface area contributed by atoms with Crippen LogP contribution in [0, 0.1) is 0 Å². The number of alkyl halides is 3. The second kappa shape index (κ2) is 8.81. The maximum absolute atomic E-state index is 12.5. The first-order valence-corrected chi connectivity index (χ1v) is 9.90. The molecule has 0 spiro atoms. The molecular weight excluding hydrogens is 399 g/mol. The molecule has 0 unspecified atom stereocenters. The number of hydrogen-bond acceptors (Lipinski definition) is 5. The molecule has 1 N–H and O–H groups in total. The highest BCUT2D eigenvalue weighted by molar-refractivity contribution is 8.00. The fraction of sp³-hybridized carbons (Fsp3) is 0.278. The minimum absolute atomic E-state index is 0.0382. The largest absolute Gasteiger partial charge is 0.451 e. The summed E-state index contributed by atoms with van der Waals surface area (Å²) in [5.41, 5.74) is 1.36. The topological polar surface area (TPSA) is 51.5 Å². The number of rotatable bonds is 8. The van der Waals surface area contributed by atoms with E-state index >= 15 is 0 Å². The Labute approximate surface area is 161 Å². The Morgan fingerprint density at radius 2 is 2.04 bits per heavy atom. The summed E-state index contributed by atoms with van der Waals surface area (Å²) >= 11 is 3.20. The lowest BCUT2D eigenvalue weighted by molar-refractivity contribution is -0.173. The van der Waals surface area contributed by atoms with Crippen molar-refractivity contribution in [3.63, 3.8) is 0 Å². The van der Waals surface area contributed by atoms with Crippen LogP contribution in [0.2, 0.25) is 0 Å². The fourth-order valence-electron chi connectivity index (χ4n) is 2.42. The lowest BCUT2D eigenvalue weighted by Gasteiger charge is -2.08. The Balaban J connectivity index is 1.67. The number of hydrogen-bond donors (Lipinski definition) is 1. The molecule has 2 heterocycles. The Morgan fingerprint density at radius 3 is 2.78 bits per heavy atom. The number of para-hydroxylation sites is 1. The SMILES string of the molecule is O=C(NCCOCC(F)(F)F)c1oc2ccccc2c1CSc1cccs1. The first kappa shape index (κ1) is 19.8. The predicted octanol–water partition coefficient (Wildman–Crippen LogP) is 5.10. The van der Waals surface area contributed by atoms with Gasteiger partial charge in [-0.1, -0.05) is 24.3 Å². The predicted molar refractivity (Wildman–Crippen MR) is 99.3 cm³/mol. The first-order chi connectivity index (χ1) is 12.9. The normalized spacial score (nSPS) is 11.8. The summed E-state index contributed by atoms with van der Waals surface area (Å²) in [6.45, 7) is -1.61. The number of fused-ring (bicyclic) bond motifs is 1. The Hall–Kier alpha value is -1.97. The number of halogens is 3. The molecule has 0 aliphatic heterocycles. The summed E-state index contributed by atoms with van der Waals surface area (Å²) in [7, 11) is 0. The molecule has 3 rings (SSSR count). The number of benzene rings is 1. The number of carbonyl (C=O) groups excluding carboxylic acids is 1. The van der Waals surface area contributed by atoms with Crippen LogP contribution in [0.1, 0.15) is 16.1 Å². The molecule has 0 aliphatic rings. The van der Waals surface area contributed by atoms with Crippen LogP contribution in [0.5, 0.6) is 0 Å². The molecule has 4 nitrogen and oxygen atoms in total. The summed E-state index contributed by atoms with van der Waals surface area (Å²) in [6, 6.07) is 11.3. The van der Waals surface area contributed by atoms with Crippen LogP contribution < -0.4 is 5.32 Å². The Kier molecular flexibility index (Phi) is 6.46. The summed E-state index contributed by atoms with van der Waals surface area (Å²) in [4.78, 5) is 12.5. The van der Waals surface area contributed by atoms with E-state index in [1.807, 2.05) is 35.7 Å². The van der Waals surface area contributed by atoms with Gasteiger partial charge in [-0.3, -0.25) is 4.79 Å². The van der Waals surface area contributed by atoms with Crippen molar-refractivity contribution < 1.29 is 27.1 Å². The minimum Gasteiger partial charge on any atom is -0.451 e. The summed E-state index contributed by atoms with van der Waals surface area (Å²) < 4.78 is 47.5. The van der Waals surface area contributed by atoms with Gasteiger partial charge in [-0.15, -0.1) is 23.1 Å². The van der Waals surface area contributed by atoms with Gasteiger partial charge in [-0.25, -0.2) is 0 Å². The molecule has 0 radical (unpaired) electrons. The van der Waals surface area contributed by atoms with Crippen molar-refractivity contribution in [1.82, 2.24) is 5.32 Å². The van der Waals surface area contributed by atoms with E-state index in [1.165, 1.54) is 0 Å². The minimum atomic E-state index is -4.38. The van der Waals surface area contributed by atoms with E-state index in [4.69, 9.17) is 4.42 Å². The van der Waals surface area contributed by atoms with E-state index in [0.29, 0.717) is 11.3 Å². The molecule has 0 fully saturated rings. The Morgan fingerprint density at radius 1 is 1.22 bits per heavy atom. The van der Waals surface area contributed by atoms with Gasteiger partial charge in [-0.05, 0) is 17.5 Å². The number of amides is 1. The van der Waals surface area contributed by atoms with Crippen molar-refractivity contribution in [3.05, 3.63) is 53.1 Å². The third kappa shape index (κ3) is 5.50. The fourth-order valence-corrected chi connectivity index (χ4v) is 4.23. The number of furan rings is 1. The highest BCUT2D eigenvalue weighted by Gasteiger charge is 2.27. The highest BCUT2D eigenvalue weighted by Crippen LogP contribution is 2.33. The van der Waals surface area contributed by atoms with Crippen molar-refractivity contribution in [2.24, 2.45) is 0 Å². The zero-order chi connectivity index (χ0) is 19.3. The number of carbonyl (C=O) groups is 1. The molecule has 27 heavy (non-hydrogen) atoms. The van der Waals surface area contributed by atoms with Crippen LogP contribution in [-0.2, 0) is 10.5 Å². The summed E-state index contributed by atoms with van der Waals surface area (Å²) in [6.07, 6.45) is -4.38.